The van der Waals surface area contributed by atoms with Gasteiger partial charge in [0.25, 0.3) is 0 Å². The third-order valence-electron chi connectivity index (χ3n) is 4.58. The molecule has 7 nitrogen and oxygen atoms in total. The van der Waals surface area contributed by atoms with Crippen LogP contribution in [0.5, 0.6) is 5.75 Å². The molecule has 0 radical (unpaired) electrons. The normalized spacial score (nSPS) is 17.9. The van der Waals surface area contributed by atoms with Gasteiger partial charge in [0.15, 0.2) is 0 Å². The summed E-state index contributed by atoms with van der Waals surface area (Å²) >= 11 is 5.73. The lowest BCUT2D eigenvalue weighted by molar-refractivity contribution is -0.151. The largest absolute Gasteiger partial charge is 0.497 e. The average Bonchev–Trinajstić information content (AvgIpc) is 2.73. The van der Waals surface area contributed by atoms with Crippen molar-refractivity contribution in [1.82, 2.24) is 9.29 Å². The van der Waals surface area contributed by atoms with Crippen molar-refractivity contribution in [3.63, 3.8) is 0 Å². The van der Waals surface area contributed by atoms with Crippen LogP contribution in [-0.2, 0) is 26.2 Å². The van der Waals surface area contributed by atoms with Crippen molar-refractivity contribution in [3.8, 4) is 5.75 Å². The molecule has 1 aliphatic heterocycles. The lowest BCUT2D eigenvalue weighted by Crippen LogP contribution is -2.42. The number of rotatable bonds is 6. The Kier molecular flexibility index (Phi) is 6.53. The van der Waals surface area contributed by atoms with Crippen molar-refractivity contribution < 1.29 is 22.7 Å². The molecule has 150 valence electrons. The topological polar surface area (TPSA) is 85.8 Å². The molecule has 1 atom stereocenters. The van der Waals surface area contributed by atoms with Crippen LogP contribution in [0.2, 0.25) is 5.15 Å². The summed E-state index contributed by atoms with van der Waals surface area (Å²) in [5.41, 5.74) is 0.719. The van der Waals surface area contributed by atoms with Gasteiger partial charge in [0.05, 0.1) is 17.9 Å². The summed E-state index contributed by atoms with van der Waals surface area (Å²) in [6.45, 7) is 0.552. The van der Waals surface area contributed by atoms with Crippen LogP contribution in [-0.4, -0.2) is 43.9 Å². The highest BCUT2D eigenvalue weighted by molar-refractivity contribution is 7.89. The van der Waals surface area contributed by atoms with Gasteiger partial charge in [-0.15, -0.1) is 0 Å². The lowest BCUT2D eigenvalue weighted by atomic mass is 10.00. The monoisotopic (exact) mass is 424 g/mol. The van der Waals surface area contributed by atoms with E-state index in [9.17, 15) is 13.2 Å². The molecule has 0 N–H and O–H groups in total. The number of aromatic nitrogens is 1. The molecule has 28 heavy (non-hydrogen) atoms. The molecule has 1 aliphatic rings. The third kappa shape index (κ3) is 4.81. The Balaban J connectivity index is 1.63. The van der Waals surface area contributed by atoms with Crippen LogP contribution in [0.4, 0.5) is 0 Å². The van der Waals surface area contributed by atoms with Crippen LogP contribution in [0.3, 0.4) is 0 Å². The Labute approximate surface area is 169 Å². The first-order valence-corrected chi connectivity index (χ1v) is 10.6. The fraction of sp³-hybridized carbons (Fsp3) is 0.368. The number of piperidine rings is 1. The van der Waals surface area contributed by atoms with Gasteiger partial charge in [0.1, 0.15) is 17.5 Å². The molecule has 9 heteroatoms. The minimum absolute atomic E-state index is 0.0741. The van der Waals surface area contributed by atoms with E-state index in [1.165, 1.54) is 29.7 Å². The molecule has 0 aliphatic carbocycles. The molecule has 0 amide bonds. The predicted molar refractivity (Wildman–Crippen MR) is 104 cm³/mol. The van der Waals surface area contributed by atoms with Crippen molar-refractivity contribution in [2.75, 3.05) is 20.2 Å². The predicted octanol–water partition coefficient (Wildman–Crippen LogP) is 2.89. The maximum Gasteiger partial charge on any atom is 0.310 e. The first-order valence-electron chi connectivity index (χ1n) is 8.81. The average molecular weight is 425 g/mol. The molecule has 0 spiro atoms. The summed E-state index contributed by atoms with van der Waals surface area (Å²) in [7, 11) is -2.16. The Morgan fingerprint density at radius 3 is 2.64 bits per heavy atom. The number of esters is 1. The zero-order valence-electron chi connectivity index (χ0n) is 15.4. The number of pyridine rings is 1. The maximum atomic E-state index is 12.9. The van der Waals surface area contributed by atoms with Gasteiger partial charge in [0, 0.05) is 24.8 Å². The summed E-state index contributed by atoms with van der Waals surface area (Å²) in [5, 5.41) is 0.363. The van der Waals surface area contributed by atoms with Crippen molar-refractivity contribution in [2.45, 2.75) is 24.3 Å². The first kappa shape index (κ1) is 20.6. The van der Waals surface area contributed by atoms with Crippen LogP contribution in [0, 0.1) is 5.92 Å². The number of benzene rings is 1. The third-order valence-corrected chi connectivity index (χ3v) is 6.69. The molecule has 1 aromatic carbocycles. The van der Waals surface area contributed by atoms with Crippen molar-refractivity contribution in [1.29, 1.82) is 0 Å². The van der Waals surface area contributed by atoms with Crippen LogP contribution in [0.15, 0.2) is 47.5 Å². The standard InChI is InChI=1S/C19H21ClN2O5S/c1-26-16-5-7-17(8-6-16)28(24,25)22-10-2-3-15(12-22)19(23)27-13-14-4-9-18(20)21-11-14/h4-9,11,15H,2-3,10,12-13H2,1H3. The van der Waals surface area contributed by atoms with Gasteiger partial charge >= 0.3 is 5.97 Å². The van der Waals surface area contributed by atoms with Gasteiger partial charge in [0.2, 0.25) is 10.0 Å². The van der Waals surface area contributed by atoms with E-state index < -0.39 is 21.9 Å². The number of halogens is 1. The SMILES string of the molecule is COc1ccc(S(=O)(=O)N2CCCC(C(=O)OCc3ccc(Cl)nc3)C2)cc1. The van der Waals surface area contributed by atoms with Gasteiger partial charge in [-0.2, -0.15) is 4.31 Å². The highest BCUT2D eigenvalue weighted by Gasteiger charge is 2.34. The second-order valence-corrected chi connectivity index (χ2v) is 8.80. The van der Waals surface area contributed by atoms with Crippen LogP contribution < -0.4 is 4.74 Å². The van der Waals surface area contributed by atoms with Crippen molar-refractivity contribution >= 4 is 27.6 Å². The molecule has 1 aromatic heterocycles. The Hall–Kier alpha value is -2.16. The van der Waals surface area contributed by atoms with Crippen LogP contribution in [0.1, 0.15) is 18.4 Å². The number of hydrogen-bond acceptors (Lipinski definition) is 6. The fourth-order valence-electron chi connectivity index (χ4n) is 3.01. The molecular weight excluding hydrogens is 404 g/mol. The van der Waals surface area contributed by atoms with E-state index in [0.29, 0.717) is 30.3 Å². The molecule has 3 rings (SSSR count). The maximum absolute atomic E-state index is 12.9. The Morgan fingerprint density at radius 2 is 2.00 bits per heavy atom. The van der Waals surface area contributed by atoms with E-state index in [1.807, 2.05) is 0 Å². The van der Waals surface area contributed by atoms with E-state index in [-0.39, 0.29) is 18.0 Å². The van der Waals surface area contributed by atoms with Crippen molar-refractivity contribution in [3.05, 3.63) is 53.3 Å². The minimum atomic E-state index is -3.68. The van der Waals surface area contributed by atoms with Crippen LogP contribution in [0.25, 0.3) is 0 Å². The fourth-order valence-corrected chi connectivity index (χ4v) is 4.65. The number of carbonyl (C=O) groups is 1. The quantitative estimate of drug-likeness (QED) is 0.523. The second-order valence-electron chi connectivity index (χ2n) is 6.47. The van der Waals surface area contributed by atoms with Crippen LogP contribution >= 0.6 is 11.6 Å². The number of nitrogens with zero attached hydrogens (tertiary/aromatic N) is 2. The summed E-state index contributed by atoms with van der Waals surface area (Å²) in [5.74, 6) is -0.331. The number of carbonyl (C=O) groups excluding carboxylic acids is 1. The molecule has 0 bridgehead atoms. The summed E-state index contributed by atoms with van der Waals surface area (Å²) < 4.78 is 37.5. The van der Waals surface area contributed by atoms with Gasteiger partial charge in [-0.25, -0.2) is 13.4 Å². The van der Waals surface area contributed by atoms with E-state index in [4.69, 9.17) is 21.1 Å². The molecule has 2 aromatic rings. The molecular formula is C19H21ClN2O5S. The number of hydrogen-bond donors (Lipinski definition) is 0. The molecule has 2 heterocycles. The van der Waals surface area contributed by atoms with E-state index >= 15 is 0 Å². The summed E-state index contributed by atoms with van der Waals surface area (Å²) in [6, 6.07) is 9.55. The zero-order valence-corrected chi connectivity index (χ0v) is 16.9. The molecule has 1 fully saturated rings. The number of methoxy groups -OCH3 is 1. The summed E-state index contributed by atoms with van der Waals surface area (Å²) in [4.78, 5) is 16.5. The van der Waals surface area contributed by atoms with Gasteiger partial charge in [-0.05, 0) is 43.2 Å². The molecule has 0 saturated carbocycles. The van der Waals surface area contributed by atoms with Gasteiger partial charge in [-0.3, -0.25) is 4.79 Å². The van der Waals surface area contributed by atoms with E-state index in [0.717, 1.165) is 5.56 Å². The zero-order chi connectivity index (χ0) is 20.1. The first-order chi connectivity index (χ1) is 13.4. The van der Waals surface area contributed by atoms with Gasteiger partial charge in [-0.1, -0.05) is 17.7 Å². The molecule has 1 unspecified atom stereocenters. The minimum Gasteiger partial charge on any atom is -0.497 e. The van der Waals surface area contributed by atoms with Gasteiger partial charge < -0.3 is 9.47 Å². The summed E-state index contributed by atoms with van der Waals surface area (Å²) in [6.07, 6.45) is 2.72. The van der Waals surface area contributed by atoms with E-state index in [2.05, 4.69) is 4.98 Å². The smallest absolute Gasteiger partial charge is 0.310 e. The second kappa shape index (κ2) is 8.89. The highest BCUT2D eigenvalue weighted by atomic mass is 35.5. The lowest BCUT2D eigenvalue weighted by Gasteiger charge is -2.30. The highest BCUT2D eigenvalue weighted by Crippen LogP contribution is 2.26. The van der Waals surface area contributed by atoms with E-state index in [1.54, 1.807) is 24.3 Å². The number of ether oxygens (including phenoxy) is 2. The Morgan fingerprint density at radius 1 is 1.25 bits per heavy atom. The van der Waals surface area contributed by atoms with Crippen molar-refractivity contribution in [2.24, 2.45) is 5.92 Å². The Bertz CT molecular complexity index is 916. The molecule has 1 saturated heterocycles. The number of sulfonamides is 1.